The van der Waals surface area contributed by atoms with Gasteiger partial charge in [-0.3, -0.25) is 15.0 Å². The van der Waals surface area contributed by atoms with Crippen LogP contribution in [0.2, 0.25) is 0 Å². The fourth-order valence-electron chi connectivity index (χ4n) is 2.45. The van der Waals surface area contributed by atoms with Gasteiger partial charge in [0.2, 0.25) is 0 Å². The highest BCUT2D eigenvalue weighted by Gasteiger charge is 2.15. The van der Waals surface area contributed by atoms with Gasteiger partial charge >= 0.3 is 0 Å². The number of aryl methyl sites for hydroxylation is 3. The molecule has 0 fully saturated rings. The molecule has 4 rings (SSSR count). The minimum absolute atomic E-state index is 0.720. The lowest BCUT2D eigenvalue weighted by atomic mass is 10.2. The topological polar surface area (TPSA) is 77.3 Å². The normalized spacial score (nSPS) is 11.6. The number of hydrogen-bond donors (Lipinski definition) is 0. The molecule has 3 aromatic heterocycles. The van der Waals surface area contributed by atoms with E-state index in [9.17, 15) is 0 Å². The zero-order valence-corrected chi connectivity index (χ0v) is 11.9. The van der Waals surface area contributed by atoms with Gasteiger partial charge in [0, 0.05) is 18.6 Å². The molecule has 6 nitrogen and oxygen atoms in total. The minimum atomic E-state index is 0.720. The first-order valence-corrected chi connectivity index (χ1v) is 6.65. The van der Waals surface area contributed by atoms with E-state index in [0.717, 1.165) is 50.2 Å². The molecule has 0 aliphatic heterocycles. The molecule has 0 unspecified atom stereocenters. The lowest BCUT2D eigenvalue weighted by Gasteiger charge is -2.07. The molecule has 0 atom stereocenters. The molecular formula is C15H12N6. The Hall–Kier alpha value is -2.76. The minimum Gasteiger partial charge on any atom is -0.250 e. The molecule has 0 saturated carbocycles. The van der Waals surface area contributed by atoms with Crippen molar-refractivity contribution in [2.75, 3.05) is 0 Å². The Bertz CT molecular complexity index is 862. The number of benzene rings is 1. The van der Waals surface area contributed by atoms with Crippen molar-refractivity contribution < 1.29 is 0 Å². The number of aromatic nitrogens is 6. The van der Waals surface area contributed by atoms with Gasteiger partial charge in [0.1, 0.15) is 33.1 Å². The SMILES string of the molecule is Cc1cnc2c(n1)c1ncc(C)nc1c1ncc(C)nc21. The third kappa shape index (κ3) is 1.72. The summed E-state index contributed by atoms with van der Waals surface area (Å²) in [5.74, 6) is 0. The molecule has 0 N–H and O–H groups in total. The van der Waals surface area contributed by atoms with Crippen molar-refractivity contribution in [3.05, 3.63) is 35.7 Å². The number of fused-ring (bicyclic) bond motifs is 6. The van der Waals surface area contributed by atoms with E-state index in [2.05, 4.69) is 29.9 Å². The molecule has 1 aromatic carbocycles. The van der Waals surface area contributed by atoms with Gasteiger partial charge in [-0.1, -0.05) is 0 Å². The van der Waals surface area contributed by atoms with Crippen LogP contribution in [-0.4, -0.2) is 29.9 Å². The van der Waals surface area contributed by atoms with E-state index >= 15 is 0 Å². The summed E-state index contributed by atoms with van der Waals surface area (Å²) in [7, 11) is 0. The summed E-state index contributed by atoms with van der Waals surface area (Å²) in [5.41, 5.74) is 6.86. The van der Waals surface area contributed by atoms with Gasteiger partial charge in [0.25, 0.3) is 0 Å². The van der Waals surface area contributed by atoms with E-state index in [1.807, 2.05) is 20.8 Å². The maximum absolute atomic E-state index is 4.58. The summed E-state index contributed by atoms with van der Waals surface area (Å²) < 4.78 is 0. The number of hydrogen-bond acceptors (Lipinski definition) is 6. The highest BCUT2D eigenvalue weighted by atomic mass is 14.9. The van der Waals surface area contributed by atoms with E-state index in [4.69, 9.17) is 0 Å². The summed E-state index contributed by atoms with van der Waals surface area (Å²) >= 11 is 0. The quantitative estimate of drug-likeness (QED) is 0.459. The van der Waals surface area contributed by atoms with Gasteiger partial charge in [0.05, 0.1) is 17.1 Å². The molecule has 0 radical (unpaired) electrons. The van der Waals surface area contributed by atoms with E-state index in [0.29, 0.717) is 0 Å². The summed E-state index contributed by atoms with van der Waals surface area (Å²) in [6.07, 6.45) is 5.21. The Balaban J connectivity index is 2.39. The van der Waals surface area contributed by atoms with Crippen molar-refractivity contribution in [1.82, 2.24) is 29.9 Å². The fraction of sp³-hybridized carbons (Fsp3) is 0.200. The van der Waals surface area contributed by atoms with Crippen LogP contribution in [0.25, 0.3) is 33.1 Å². The van der Waals surface area contributed by atoms with Gasteiger partial charge in [-0.2, -0.15) is 0 Å². The second-order valence-corrected chi connectivity index (χ2v) is 5.13. The van der Waals surface area contributed by atoms with Gasteiger partial charge < -0.3 is 0 Å². The molecule has 0 bridgehead atoms. The fourth-order valence-corrected chi connectivity index (χ4v) is 2.45. The van der Waals surface area contributed by atoms with E-state index in [1.54, 1.807) is 18.6 Å². The van der Waals surface area contributed by atoms with Crippen molar-refractivity contribution in [2.24, 2.45) is 0 Å². The van der Waals surface area contributed by atoms with Gasteiger partial charge in [-0.15, -0.1) is 0 Å². The summed E-state index contributed by atoms with van der Waals surface area (Å²) in [4.78, 5) is 27.2. The average molecular weight is 276 g/mol. The van der Waals surface area contributed by atoms with E-state index < -0.39 is 0 Å². The number of nitrogens with zero attached hydrogens (tertiary/aromatic N) is 6. The molecule has 6 heteroatoms. The lowest BCUT2D eigenvalue weighted by Crippen LogP contribution is -1.99. The van der Waals surface area contributed by atoms with E-state index in [1.165, 1.54) is 0 Å². The second-order valence-electron chi connectivity index (χ2n) is 5.13. The van der Waals surface area contributed by atoms with Crippen LogP contribution in [0.4, 0.5) is 0 Å². The third-order valence-corrected chi connectivity index (χ3v) is 3.35. The van der Waals surface area contributed by atoms with Crippen LogP contribution in [0.1, 0.15) is 17.1 Å². The van der Waals surface area contributed by atoms with Crippen molar-refractivity contribution in [2.45, 2.75) is 20.8 Å². The Kier molecular flexibility index (Phi) is 2.35. The van der Waals surface area contributed by atoms with Crippen LogP contribution in [0.3, 0.4) is 0 Å². The molecule has 0 spiro atoms. The highest BCUT2D eigenvalue weighted by Crippen LogP contribution is 2.28. The number of rotatable bonds is 0. The van der Waals surface area contributed by atoms with Crippen LogP contribution in [0.15, 0.2) is 18.6 Å². The van der Waals surface area contributed by atoms with Crippen molar-refractivity contribution in [3.63, 3.8) is 0 Å². The maximum atomic E-state index is 4.58. The standard InChI is InChI=1S/C15H12N6/c1-7-4-16-10-13(19-7)11-15(21-8(2)5-17-11)12-14(10)20-9(3)6-18-12/h4-6H,1-3H3. The largest absolute Gasteiger partial charge is 0.250 e. The van der Waals surface area contributed by atoms with Crippen molar-refractivity contribution in [1.29, 1.82) is 0 Å². The smallest absolute Gasteiger partial charge is 0.119 e. The Morgan fingerprint density at radius 2 is 0.762 bits per heavy atom. The Morgan fingerprint density at radius 3 is 1.05 bits per heavy atom. The van der Waals surface area contributed by atoms with Crippen LogP contribution in [-0.2, 0) is 0 Å². The van der Waals surface area contributed by atoms with Gasteiger partial charge in [0.15, 0.2) is 0 Å². The van der Waals surface area contributed by atoms with Gasteiger partial charge in [-0.25, -0.2) is 15.0 Å². The van der Waals surface area contributed by atoms with Crippen LogP contribution in [0.5, 0.6) is 0 Å². The molecule has 0 saturated heterocycles. The molecule has 3 heterocycles. The highest BCUT2D eigenvalue weighted by molar-refractivity contribution is 6.17. The molecule has 21 heavy (non-hydrogen) atoms. The van der Waals surface area contributed by atoms with Crippen LogP contribution >= 0.6 is 0 Å². The first kappa shape index (κ1) is 12.0. The monoisotopic (exact) mass is 276 g/mol. The Labute approximate surface area is 120 Å². The molecule has 4 aromatic rings. The second kappa shape index (κ2) is 4.12. The average Bonchev–Trinajstić information content (AvgIpc) is 2.46. The first-order valence-electron chi connectivity index (χ1n) is 6.65. The first-order chi connectivity index (χ1) is 10.1. The molecule has 102 valence electrons. The molecule has 0 aliphatic rings. The van der Waals surface area contributed by atoms with E-state index in [-0.39, 0.29) is 0 Å². The molecular weight excluding hydrogens is 264 g/mol. The zero-order valence-electron chi connectivity index (χ0n) is 11.9. The summed E-state index contributed by atoms with van der Waals surface area (Å²) in [5, 5.41) is 0. The van der Waals surface area contributed by atoms with Gasteiger partial charge in [-0.05, 0) is 20.8 Å². The third-order valence-electron chi connectivity index (χ3n) is 3.35. The zero-order chi connectivity index (χ0) is 14.6. The molecule has 0 amide bonds. The van der Waals surface area contributed by atoms with Crippen molar-refractivity contribution in [3.8, 4) is 0 Å². The van der Waals surface area contributed by atoms with Crippen LogP contribution < -0.4 is 0 Å². The maximum Gasteiger partial charge on any atom is 0.119 e. The van der Waals surface area contributed by atoms with Crippen LogP contribution in [0, 0.1) is 20.8 Å². The predicted octanol–water partition coefficient (Wildman–Crippen LogP) is 2.44. The summed E-state index contributed by atoms with van der Waals surface area (Å²) in [6.45, 7) is 5.73. The van der Waals surface area contributed by atoms with Crippen molar-refractivity contribution >= 4 is 33.1 Å². The molecule has 0 aliphatic carbocycles. The Morgan fingerprint density at radius 1 is 0.476 bits per heavy atom. The predicted molar refractivity (Wildman–Crippen MR) is 79.9 cm³/mol. The lowest BCUT2D eigenvalue weighted by molar-refractivity contribution is 1.14. The summed E-state index contributed by atoms with van der Waals surface area (Å²) in [6, 6.07) is 0.